The molecule has 96 valence electrons. The molecule has 5 heteroatoms. The zero-order valence-electron chi connectivity index (χ0n) is 10.2. The summed E-state index contributed by atoms with van der Waals surface area (Å²) < 4.78 is 0. The van der Waals surface area contributed by atoms with Crippen LogP contribution in [0.15, 0.2) is 0 Å². The standard InChI is InChI=1S/C12H21N3O2/c13-10(16)9-3-7-15(8-4-9)11(17)12(14)5-1-2-6-12/h9H,1-8,14H2,(H2,13,16). The van der Waals surface area contributed by atoms with Crippen molar-refractivity contribution in [1.82, 2.24) is 4.90 Å². The van der Waals surface area contributed by atoms with E-state index in [0.29, 0.717) is 25.9 Å². The second kappa shape index (κ2) is 4.64. The van der Waals surface area contributed by atoms with Crippen LogP contribution in [-0.4, -0.2) is 35.3 Å². The average Bonchev–Trinajstić information content (AvgIpc) is 2.76. The van der Waals surface area contributed by atoms with E-state index in [1.807, 2.05) is 4.90 Å². The molecule has 1 aliphatic heterocycles. The van der Waals surface area contributed by atoms with E-state index in [2.05, 4.69) is 0 Å². The lowest BCUT2D eigenvalue weighted by Crippen LogP contribution is -2.55. The lowest BCUT2D eigenvalue weighted by Gasteiger charge is -2.36. The first-order valence-electron chi connectivity index (χ1n) is 6.40. The predicted molar refractivity (Wildman–Crippen MR) is 63.9 cm³/mol. The zero-order valence-corrected chi connectivity index (χ0v) is 10.2. The van der Waals surface area contributed by atoms with Crippen molar-refractivity contribution in [2.75, 3.05) is 13.1 Å². The maximum atomic E-state index is 12.3. The second-order valence-corrected chi connectivity index (χ2v) is 5.33. The van der Waals surface area contributed by atoms with Gasteiger partial charge in [0.15, 0.2) is 0 Å². The number of amides is 2. The molecule has 4 N–H and O–H groups in total. The van der Waals surface area contributed by atoms with Crippen LogP contribution < -0.4 is 11.5 Å². The largest absolute Gasteiger partial charge is 0.369 e. The molecule has 0 unspecified atom stereocenters. The highest BCUT2D eigenvalue weighted by Crippen LogP contribution is 2.30. The number of nitrogens with two attached hydrogens (primary N) is 2. The second-order valence-electron chi connectivity index (χ2n) is 5.33. The molecule has 5 nitrogen and oxygen atoms in total. The fraction of sp³-hybridized carbons (Fsp3) is 0.833. The molecule has 0 spiro atoms. The van der Waals surface area contributed by atoms with Gasteiger partial charge in [0.2, 0.25) is 11.8 Å². The summed E-state index contributed by atoms with van der Waals surface area (Å²) in [5, 5.41) is 0. The summed E-state index contributed by atoms with van der Waals surface area (Å²) in [6.45, 7) is 1.23. The van der Waals surface area contributed by atoms with Crippen molar-refractivity contribution in [3.63, 3.8) is 0 Å². The third kappa shape index (κ3) is 2.44. The highest BCUT2D eigenvalue weighted by atomic mass is 16.2. The number of carbonyl (C=O) groups excluding carboxylic acids is 2. The number of hydrogen-bond acceptors (Lipinski definition) is 3. The Hall–Kier alpha value is -1.10. The minimum Gasteiger partial charge on any atom is -0.369 e. The van der Waals surface area contributed by atoms with Crippen molar-refractivity contribution in [2.45, 2.75) is 44.1 Å². The van der Waals surface area contributed by atoms with E-state index in [1.54, 1.807) is 0 Å². The van der Waals surface area contributed by atoms with Crippen molar-refractivity contribution in [2.24, 2.45) is 17.4 Å². The van der Waals surface area contributed by atoms with Gasteiger partial charge in [-0.2, -0.15) is 0 Å². The highest BCUT2D eigenvalue weighted by molar-refractivity contribution is 5.87. The van der Waals surface area contributed by atoms with E-state index in [0.717, 1.165) is 25.7 Å². The molecule has 0 aromatic rings. The Morgan fingerprint density at radius 2 is 1.65 bits per heavy atom. The molecule has 2 rings (SSSR count). The van der Waals surface area contributed by atoms with E-state index in [4.69, 9.17) is 11.5 Å². The molecular formula is C12H21N3O2. The average molecular weight is 239 g/mol. The van der Waals surface area contributed by atoms with Gasteiger partial charge < -0.3 is 16.4 Å². The van der Waals surface area contributed by atoms with Crippen LogP contribution in [0.1, 0.15) is 38.5 Å². The van der Waals surface area contributed by atoms with E-state index in [9.17, 15) is 9.59 Å². The fourth-order valence-electron chi connectivity index (χ4n) is 2.90. The van der Waals surface area contributed by atoms with E-state index in [1.165, 1.54) is 0 Å². The summed E-state index contributed by atoms with van der Waals surface area (Å²) in [6.07, 6.45) is 5.03. The number of carbonyl (C=O) groups is 2. The van der Waals surface area contributed by atoms with Crippen LogP contribution in [0, 0.1) is 5.92 Å². The van der Waals surface area contributed by atoms with Crippen molar-refractivity contribution in [1.29, 1.82) is 0 Å². The number of hydrogen-bond donors (Lipinski definition) is 2. The minimum atomic E-state index is -0.639. The van der Waals surface area contributed by atoms with Gasteiger partial charge in [-0.05, 0) is 25.7 Å². The van der Waals surface area contributed by atoms with Crippen LogP contribution in [0.4, 0.5) is 0 Å². The topological polar surface area (TPSA) is 89.4 Å². The zero-order chi connectivity index (χ0) is 12.5. The van der Waals surface area contributed by atoms with Crippen molar-refractivity contribution >= 4 is 11.8 Å². The van der Waals surface area contributed by atoms with Gasteiger partial charge in [-0.25, -0.2) is 0 Å². The summed E-state index contributed by atoms with van der Waals surface area (Å²) >= 11 is 0. The molecular weight excluding hydrogens is 218 g/mol. The molecule has 0 aromatic carbocycles. The Balaban J connectivity index is 1.92. The number of rotatable bonds is 2. The lowest BCUT2D eigenvalue weighted by atomic mass is 9.92. The Labute approximate surface area is 102 Å². The SMILES string of the molecule is NC(=O)C1CCN(C(=O)C2(N)CCCC2)CC1. The summed E-state index contributed by atoms with van der Waals surface area (Å²) in [4.78, 5) is 25.1. The van der Waals surface area contributed by atoms with Crippen LogP contribution in [0.3, 0.4) is 0 Å². The molecule has 2 aliphatic rings. The van der Waals surface area contributed by atoms with Gasteiger partial charge in [0.25, 0.3) is 0 Å². The van der Waals surface area contributed by atoms with Crippen LogP contribution >= 0.6 is 0 Å². The van der Waals surface area contributed by atoms with Crippen LogP contribution in [0.2, 0.25) is 0 Å². The highest BCUT2D eigenvalue weighted by Gasteiger charge is 2.40. The van der Waals surface area contributed by atoms with Crippen molar-refractivity contribution in [3.8, 4) is 0 Å². The van der Waals surface area contributed by atoms with E-state index < -0.39 is 5.54 Å². The molecule has 0 radical (unpaired) electrons. The van der Waals surface area contributed by atoms with E-state index in [-0.39, 0.29) is 17.7 Å². The normalized spacial score (nSPS) is 24.9. The van der Waals surface area contributed by atoms with Gasteiger partial charge in [0.05, 0.1) is 5.54 Å². The van der Waals surface area contributed by atoms with Crippen molar-refractivity contribution in [3.05, 3.63) is 0 Å². The van der Waals surface area contributed by atoms with Gasteiger partial charge >= 0.3 is 0 Å². The van der Waals surface area contributed by atoms with Gasteiger partial charge in [0.1, 0.15) is 0 Å². The van der Waals surface area contributed by atoms with Gasteiger partial charge in [-0.1, -0.05) is 12.8 Å². The van der Waals surface area contributed by atoms with E-state index >= 15 is 0 Å². The maximum absolute atomic E-state index is 12.3. The molecule has 0 bridgehead atoms. The number of primary amides is 1. The first kappa shape index (κ1) is 12.4. The first-order chi connectivity index (χ1) is 8.03. The summed E-state index contributed by atoms with van der Waals surface area (Å²) in [5.41, 5.74) is 10.8. The monoisotopic (exact) mass is 239 g/mol. The fourth-order valence-corrected chi connectivity index (χ4v) is 2.90. The number of likely N-dealkylation sites (tertiary alicyclic amines) is 1. The quantitative estimate of drug-likeness (QED) is 0.709. The molecule has 0 aromatic heterocycles. The number of piperidine rings is 1. The first-order valence-corrected chi connectivity index (χ1v) is 6.40. The Morgan fingerprint density at radius 3 is 2.12 bits per heavy atom. The lowest BCUT2D eigenvalue weighted by molar-refractivity contribution is -0.139. The molecule has 17 heavy (non-hydrogen) atoms. The molecule has 2 fully saturated rings. The molecule has 0 atom stereocenters. The van der Waals surface area contributed by atoms with Crippen molar-refractivity contribution < 1.29 is 9.59 Å². The molecule has 1 saturated carbocycles. The summed E-state index contributed by atoms with van der Waals surface area (Å²) in [6, 6.07) is 0. The van der Waals surface area contributed by atoms with Crippen LogP contribution in [0.25, 0.3) is 0 Å². The molecule has 1 saturated heterocycles. The number of nitrogens with zero attached hydrogens (tertiary/aromatic N) is 1. The third-order valence-electron chi connectivity index (χ3n) is 4.11. The Bertz CT molecular complexity index is 316. The Kier molecular flexibility index (Phi) is 3.38. The van der Waals surface area contributed by atoms with Crippen LogP contribution in [0.5, 0.6) is 0 Å². The third-order valence-corrected chi connectivity index (χ3v) is 4.11. The predicted octanol–water partition coefficient (Wildman–Crippen LogP) is -0.0182. The smallest absolute Gasteiger partial charge is 0.242 e. The van der Waals surface area contributed by atoms with Crippen LogP contribution in [-0.2, 0) is 9.59 Å². The van der Waals surface area contributed by atoms with Gasteiger partial charge in [-0.3, -0.25) is 9.59 Å². The van der Waals surface area contributed by atoms with Gasteiger partial charge in [0, 0.05) is 19.0 Å². The summed E-state index contributed by atoms with van der Waals surface area (Å²) in [5.74, 6) is -0.255. The maximum Gasteiger partial charge on any atom is 0.242 e. The molecule has 1 aliphatic carbocycles. The minimum absolute atomic E-state index is 0.0675. The molecule has 2 amide bonds. The van der Waals surface area contributed by atoms with Gasteiger partial charge in [-0.15, -0.1) is 0 Å². The molecule has 1 heterocycles. The summed E-state index contributed by atoms with van der Waals surface area (Å²) in [7, 11) is 0. The Morgan fingerprint density at radius 1 is 1.12 bits per heavy atom.